The topological polar surface area (TPSA) is 108 Å². The lowest BCUT2D eigenvalue weighted by molar-refractivity contribution is 0.0980. The summed E-state index contributed by atoms with van der Waals surface area (Å²) in [6.07, 6.45) is 3.32. The summed E-state index contributed by atoms with van der Waals surface area (Å²) >= 11 is 0. The number of carbonyl (C=O) groups excluding carboxylic acids is 1. The van der Waals surface area contributed by atoms with Gasteiger partial charge in [-0.15, -0.1) is 5.10 Å². The highest BCUT2D eigenvalue weighted by molar-refractivity contribution is 7.89. The van der Waals surface area contributed by atoms with E-state index >= 15 is 0 Å². The summed E-state index contributed by atoms with van der Waals surface area (Å²) in [5.74, 6) is -0.206. The number of sulfonamides is 1. The van der Waals surface area contributed by atoms with Gasteiger partial charge in [-0.2, -0.15) is 0 Å². The highest BCUT2D eigenvalue weighted by Crippen LogP contribution is 2.11. The van der Waals surface area contributed by atoms with Crippen LogP contribution in [0, 0.1) is 12.1 Å². The van der Waals surface area contributed by atoms with Gasteiger partial charge in [-0.3, -0.25) is 4.79 Å². The molecule has 0 amide bonds. The fourth-order valence-corrected chi connectivity index (χ4v) is 2.47. The second kappa shape index (κ2) is 6.89. The van der Waals surface area contributed by atoms with Crippen molar-refractivity contribution in [2.75, 3.05) is 0 Å². The van der Waals surface area contributed by atoms with Gasteiger partial charge >= 0.3 is 0 Å². The van der Waals surface area contributed by atoms with Gasteiger partial charge in [-0.05, 0) is 32.8 Å². The molecule has 0 radical (unpaired) electrons. The van der Waals surface area contributed by atoms with E-state index < -0.39 is 10.0 Å². The summed E-state index contributed by atoms with van der Waals surface area (Å²) < 4.78 is 24.3. The van der Waals surface area contributed by atoms with Crippen LogP contribution < -0.4 is 5.14 Å². The minimum atomic E-state index is -3.85. The number of aryl methyl sites for hydroxylation is 1. The predicted octanol–water partition coefficient (Wildman–Crippen LogP) is 1.31. The fourth-order valence-electron chi connectivity index (χ4n) is 1.96. The Morgan fingerprint density at radius 2 is 2.17 bits per heavy atom. The first-order valence-electron chi connectivity index (χ1n) is 7.17. The fraction of sp³-hybridized carbons (Fsp3) is 0.400. The molecule has 0 atom stereocenters. The Morgan fingerprint density at radius 3 is 2.78 bits per heavy atom. The van der Waals surface area contributed by atoms with Crippen LogP contribution in [0.5, 0.6) is 0 Å². The van der Waals surface area contributed by atoms with E-state index in [1.807, 2.05) is 20.0 Å². The van der Waals surface area contributed by atoms with Gasteiger partial charge in [0.25, 0.3) is 0 Å². The molecule has 1 heterocycles. The van der Waals surface area contributed by atoms with Gasteiger partial charge in [-0.1, -0.05) is 17.3 Å². The number of Topliss-reactive ketones (excluding diaryl/α,β-unsaturated/α-hetero) is 1. The number of carbonyl (C=O) groups is 1. The molecule has 0 fully saturated rings. The van der Waals surface area contributed by atoms with E-state index in [4.69, 9.17) is 5.14 Å². The lowest BCUT2D eigenvalue weighted by Crippen LogP contribution is -2.12. The molecule has 2 rings (SSSR count). The molecule has 122 valence electrons. The van der Waals surface area contributed by atoms with E-state index in [0.717, 1.165) is 5.69 Å². The summed E-state index contributed by atoms with van der Waals surface area (Å²) in [4.78, 5) is 12.0. The molecule has 0 spiro atoms. The first-order valence-corrected chi connectivity index (χ1v) is 8.72. The molecule has 0 saturated heterocycles. The number of hydrogen-bond donors (Lipinski definition) is 1. The van der Waals surface area contributed by atoms with Crippen molar-refractivity contribution in [1.29, 1.82) is 0 Å². The molecule has 23 heavy (non-hydrogen) atoms. The zero-order chi connectivity index (χ0) is 17.0. The second-order valence-electron chi connectivity index (χ2n) is 5.48. The van der Waals surface area contributed by atoms with Crippen molar-refractivity contribution in [3.05, 3.63) is 41.7 Å². The van der Waals surface area contributed by atoms with E-state index in [9.17, 15) is 13.2 Å². The molecular weight excluding hydrogens is 316 g/mol. The van der Waals surface area contributed by atoms with Crippen LogP contribution in [0.4, 0.5) is 0 Å². The molecule has 1 aromatic carbocycles. The van der Waals surface area contributed by atoms with E-state index in [-0.39, 0.29) is 28.7 Å². The highest BCUT2D eigenvalue weighted by Gasteiger charge is 2.12. The summed E-state index contributed by atoms with van der Waals surface area (Å²) in [6.45, 7) is 4.01. The van der Waals surface area contributed by atoms with Crippen molar-refractivity contribution >= 4 is 15.8 Å². The zero-order valence-electron chi connectivity index (χ0n) is 13.0. The molecule has 7 nitrogen and oxygen atoms in total. The van der Waals surface area contributed by atoms with Crippen molar-refractivity contribution in [2.45, 2.75) is 44.0 Å². The van der Waals surface area contributed by atoms with Crippen LogP contribution in [-0.4, -0.2) is 29.2 Å². The summed E-state index contributed by atoms with van der Waals surface area (Å²) in [6, 6.07) is 7.79. The molecule has 0 aliphatic rings. The first kappa shape index (κ1) is 17.1. The van der Waals surface area contributed by atoms with Gasteiger partial charge in [0.2, 0.25) is 10.0 Å². The van der Waals surface area contributed by atoms with Crippen LogP contribution in [0.3, 0.4) is 0 Å². The second-order valence-corrected chi connectivity index (χ2v) is 7.04. The number of rotatable bonds is 7. The Morgan fingerprint density at radius 1 is 1.43 bits per heavy atom. The van der Waals surface area contributed by atoms with Gasteiger partial charge in [0.15, 0.2) is 5.78 Å². The van der Waals surface area contributed by atoms with Crippen LogP contribution in [0.25, 0.3) is 0 Å². The minimum absolute atomic E-state index is 0.139. The van der Waals surface area contributed by atoms with Gasteiger partial charge < -0.3 is 0 Å². The van der Waals surface area contributed by atoms with Gasteiger partial charge in [0, 0.05) is 24.7 Å². The van der Waals surface area contributed by atoms with E-state index in [0.29, 0.717) is 12.8 Å². The molecule has 0 aliphatic carbocycles. The maximum atomic E-state index is 12.1. The summed E-state index contributed by atoms with van der Waals surface area (Å²) in [5.41, 5.74) is 0.989. The molecule has 0 unspecified atom stereocenters. The molecule has 0 bridgehead atoms. The van der Waals surface area contributed by atoms with Gasteiger partial charge in [0.1, 0.15) is 0 Å². The van der Waals surface area contributed by atoms with E-state index in [1.165, 1.54) is 12.1 Å². The summed E-state index contributed by atoms with van der Waals surface area (Å²) in [7, 11) is -3.85. The van der Waals surface area contributed by atoms with Gasteiger partial charge in [0.05, 0.1) is 16.2 Å². The average Bonchev–Trinajstić information content (AvgIpc) is 2.95. The normalized spacial score (nSPS) is 11.5. The third-order valence-electron chi connectivity index (χ3n) is 3.26. The monoisotopic (exact) mass is 334 g/mol. The van der Waals surface area contributed by atoms with Crippen molar-refractivity contribution in [1.82, 2.24) is 15.0 Å². The standard InChI is InChI=1S/C15H18N4O3S/c1-11(2)19-10-13(17-18-19)6-4-8-15(20)12-5-3-7-14(9-12)23(16,21)22/h7,9-11H,4,6,8H2,1-2H3,(H2,16,21,22). The van der Waals surface area contributed by atoms with E-state index in [2.05, 4.69) is 22.4 Å². The Balaban J connectivity index is 1.94. The third kappa shape index (κ3) is 4.61. The minimum Gasteiger partial charge on any atom is -0.293 e. The van der Waals surface area contributed by atoms with Crippen molar-refractivity contribution in [3.63, 3.8) is 0 Å². The van der Waals surface area contributed by atoms with Gasteiger partial charge in [-0.25, -0.2) is 18.2 Å². The largest absolute Gasteiger partial charge is 0.293 e. The third-order valence-corrected chi connectivity index (χ3v) is 4.15. The highest BCUT2D eigenvalue weighted by atomic mass is 32.2. The number of aromatic nitrogens is 3. The molecule has 2 N–H and O–H groups in total. The van der Waals surface area contributed by atoms with Crippen molar-refractivity contribution in [2.24, 2.45) is 5.14 Å². The van der Waals surface area contributed by atoms with Crippen LogP contribution >= 0.6 is 0 Å². The lowest BCUT2D eigenvalue weighted by atomic mass is 10.1. The molecular formula is C15H18N4O3S. The predicted molar refractivity (Wildman–Crippen MR) is 83.2 cm³/mol. The van der Waals surface area contributed by atoms with Crippen LogP contribution in [-0.2, 0) is 16.4 Å². The number of ketones is 1. The number of primary sulfonamides is 1. The van der Waals surface area contributed by atoms with Crippen molar-refractivity contribution < 1.29 is 13.2 Å². The molecule has 8 heteroatoms. The van der Waals surface area contributed by atoms with E-state index in [1.54, 1.807) is 4.68 Å². The number of nitrogens with zero attached hydrogens (tertiary/aromatic N) is 3. The molecule has 2 aromatic rings. The van der Waals surface area contributed by atoms with Crippen molar-refractivity contribution in [3.8, 4) is 0 Å². The molecule has 0 aliphatic heterocycles. The van der Waals surface area contributed by atoms with Crippen LogP contribution in [0.2, 0.25) is 0 Å². The maximum Gasteiger partial charge on any atom is 0.238 e. The SMILES string of the molecule is CC(C)n1cc(CCCC(=O)c2c#ccc(S(N)(=O)=O)c2)nn1. The van der Waals surface area contributed by atoms with Crippen LogP contribution in [0.1, 0.15) is 48.8 Å². The number of nitrogens with two attached hydrogens (primary N) is 1. The smallest absolute Gasteiger partial charge is 0.238 e. The Labute approximate surface area is 135 Å². The Kier molecular flexibility index (Phi) is 5.13. The average molecular weight is 334 g/mol. The Bertz CT molecular complexity index is 797. The lowest BCUT2D eigenvalue weighted by Gasteiger charge is -2.01. The molecule has 0 saturated carbocycles. The molecule has 1 aromatic heterocycles. The zero-order valence-corrected chi connectivity index (χ0v) is 13.8. The maximum absolute atomic E-state index is 12.1. The quantitative estimate of drug-likeness (QED) is 0.768. The number of hydrogen-bond acceptors (Lipinski definition) is 5. The van der Waals surface area contributed by atoms with Crippen LogP contribution in [0.15, 0.2) is 23.2 Å². The Hall–Kier alpha value is -2.24. The first-order chi connectivity index (χ1) is 10.8. The summed E-state index contributed by atoms with van der Waals surface area (Å²) in [5, 5.41) is 13.1.